The van der Waals surface area contributed by atoms with E-state index >= 15 is 0 Å². The molecular weight excluding hydrogens is 737 g/mol. The van der Waals surface area contributed by atoms with Crippen LogP contribution in [0, 0.1) is 18.6 Å². The van der Waals surface area contributed by atoms with Gasteiger partial charge in [-0.2, -0.15) is 9.97 Å². The van der Waals surface area contributed by atoms with Crippen LogP contribution in [0.5, 0.6) is 23.0 Å². The molecule has 3 aromatic heterocycles. The lowest BCUT2D eigenvalue weighted by molar-refractivity contribution is 0.0826. The normalized spacial score (nSPS) is 11.5. The van der Waals surface area contributed by atoms with Gasteiger partial charge in [-0.3, -0.25) is 9.56 Å². The minimum Gasteiger partial charge on any atom is -0.451 e. The molecule has 17 heteroatoms. The van der Waals surface area contributed by atoms with Gasteiger partial charge in [0.15, 0.2) is 27.9 Å². The average molecular weight is 789 g/mol. The lowest BCUT2D eigenvalue weighted by atomic mass is 9.98. The van der Waals surface area contributed by atoms with Gasteiger partial charge < -0.3 is 47.9 Å². The Kier molecular flexibility index (Phi) is 16.6. The molecule has 0 saturated carbocycles. The van der Waals surface area contributed by atoms with Crippen LogP contribution in [0.3, 0.4) is 0 Å². The summed E-state index contributed by atoms with van der Waals surface area (Å²) in [5, 5.41) is 1.46. The molecule has 3 heterocycles. The number of benzene rings is 2. The maximum Gasteiger partial charge on any atom is 0.222 e. The summed E-state index contributed by atoms with van der Waals surface area (Å²) in [6, 6.07) is 7.95. The number of aromatic nitrogens is 6. The molecule has 1 unspecified atom stereocenters. The molecule has 0 spiro atoms. The van der Waals surface area contributed by atoms with Crippen molar-refractivity contribution in [3.05, 3.63) is 76.1 Å². The van der Waals surface area contributed by atoms with E-state index in [4.69, 9.17) is 67.3 Å². The number of aliphatic imine (C=N–C) groups is 1. The first-order valence-corrected chi connectivity index (χ1v) is 18.4. The van der Waals surface area contributed by atoms with Crippen molar-refractivity contribution in [3.63, 3.8) is 0 Å². The summed E-state index contributed by atoms with van der Waals surface area (Å²) in [5.74, 6) is 3.19. The third-order valence-electron chi connectivity index (χ3n) is 7.91. The van der Waals surface area contributed by atoms with Gasteiger partial charge in [0.1, 0.15) is 11.5 Å². The van der Waals surface area contributed by atoms with E-state index in [-0.39, 0.29) is 41.5 Å². The van der Waals surface area contributed by atoms with Crippen molar-refractivity contribution < 1.29 is 14.2 Å². The number of ether oxygens (including phenoxy) is 3. The van der Waals surface area contributed by atoms with Crippen molar-refractivity contribution >= 4 is 65.2 Å². The van der Waals surface area contributed by atoms with Crippen LogP contribution >= 0.6 is 24.4 Å². The van der Waals surface area contributed by atoms with Crippen LogP contribution in [-0.2, 0) is 4.74 Å². The van der Waals surface area contributed by atoms with Crippen LogP contribution in [0.25, 0.3) is 5.69 Å². The first-order chi connectivity index (χ1) is 26.1. The van der Waals surface area contributed by atoms with E-state index in [0.717, 1.165) is 40.2 Å². The number of nitrogen functional groups attached to an aromatic ring is 4. The lowest BCUT2D eigenvalue weighted by Crippen LogP contribution is -2.19. The molecule has 11 N–H and O–H groups in total. The van der Waals surface area contributed by atoms with E-state index in [9.17, 15) is 0 Å². The highest BCUT2D eigenvalue weighted by Gasteiger charge is 2.17. The van der Waals surface area contributed by atoms with Gasteiger partial charge in [-0.15, -0.1) is 0 Å². The molecule has 55 heavy (non-hydrogen) atoms. The highest BCUT2D eigenvalue weighted by molar-refractivity contribution is 7.80. The third kappa shape index (κ3) is 12.5. The van der Waals surface area contributed by atoms with E-state index in [0.29, 0.717) is 34.3 Å². The second-order valence-electron chi connectivity index (χ2n) is 12.9. The first kappa shape index (κ1) is 43.9. The quantitative estimate of drug-likeness (QED) is 0.0526. The number of thiocarbonyl (C=S) groups is 1. The number of rotatable bonds is 12. The number of aryl methyl sites for hydroxylation is 2. The monoisotopic (exact) mass is 788 g/mol. The van der Waals surface area contributed by atoms with E-state index in [1.54, 1.807) is 12.4 Å². The maximum atomic E-state index is 6.03. The molecule has 1 atom stereocenters. The molecule has 2 aromatic carbocycles. The number of hydrogen-bond donors (Lipinski definition) is 6. The molecule has 5 aromatic rings. The predicted octanol–water partition coefficient (Wildman–Crippen LogP) is 7.65. The maximum absolute atomic E-state index is 6.03. The molecule has 0 aliphatic heterocycles. The van der Waals surface area contributed by atoms with E-state index in [2.05, 4.69) is 63.7 Å². The van der Waals surface area contributed by atoms with Crippen molar-refractivity contribution in [3.8, 4) is 28.7 Å². The molecule has 294 valence electrons. The number of nitrogens with zero attached hydrogens (tertiary/aromatic N) is 6. The van der Waals surface area contributed by atoms with Gasteiger partial charge in [-0.1, -0.05) is 46.0 Å². The van der Waals surface area contributed by atoms with Crippen LogP contribution in [0.4, 0.5) is 29.2 Å². The average Bonchev–Trinajstić information content (AvgIpc) is 3.56. The summed E-state index contributed by atoms with van der Waals surface area (Å²) in [4.78, 5) is 23.0. The first-order valence-electron chi connectivity index (χ1n) is 17.6. The Balaban J connectivity index is 0.000000253. The van der Waals surface area contributed by atoms with E-state index in [1.165, 1.54) is 17.8 Å². The smallest absolute Gasteiger partial charge is 0.222 e. The number of nitrogens with one attached hydrogen (secondary N) is 1. The van der Waals surface area contributed by atoms with Gasteiger partial charge >= 0.3 is 0 Å². The second-order valence-corrected chi connectivity index (χ2v) is 13.5. The van der Waals surface area contributed by atoms with Gasteiger partial charge in [0, 0.05) is 49.3 Å². The van der Waals surface area contributed by atoms with Gasteiger partial charge in [-0.25, -0.2) is 9.97 Å². The molecule has 0 amide bonds. The number of H-pyrrole nitrogens is 1. The van der Waals surface area contributed by atoms with Crippen LogP contribution in [0.15, 0.2) is 54.0 Å². The zero-order chi connectivity index (χ0) is 40.8. The van der Waals surface area contributed by atoms with Gasteiger partial charge in [0.05, 0.1) is 29.9 Å². The zero-order valence-electron chi connectivity index (χ0n) is 32.5. The standard InChI is InChI=1S/C17H20N6OS.C16H19N5OS.C5H13NO/c1-9(2)11-6-10(3)12(23-5-4-20-17(23)25)7-13(11)24-14-8-21-16(19)22-15(14)18;1-9(2)11-6-10(3)12(19-4-5-23)7-13(11)22-14-8-20-16(18)21-15(14)17;1-3-7-5(2)4-6/h4-9H,1-3H3,(H,20,25)(H4,18,19,21,22);4-9H,1-3H3,(H4,17,18,20,21);5H,3-4,6H2,1-2H3. The third-order valence-corrected chi connectivity index (χ3v) is 8.35. The highest BCUT2D eigenvalue weighted by atomic mass is 32.1. The molecule has 0 aliphatic rings. The summed E-state index contributed by atoms with van der Waals surface area (Å²) < 4.78 is 19.5. The lowest BCUT2D eigenvalue weighted by Gasteiger charge is -2.18. The SMILES string of the molecule is CCOC(C)CN.Cc1cc(C(C)C)c(Oc2cnc(N)nc2N)cc1-n1cc[nH]c1=S.Cc1cc(C(C)C)c(Oc2cnc(N)nc2N)cc1N=CC=S. The summed E-state index contributed by atoms with van der Waals surface area (Å²) in [6.45, 7) is 17.7. The number of nitrogens with two attached hydrogens (primary N) is 5. The Hall–Kier alpha value is -5.49. The molecule has 0 saturated heterocycles. The summed E-state index contributed by atoms with van der Waals surface area (Å²) in [5.41, 5.74) is 34.0. The zero-order valence-corrected chi connectivity index (χ0v) is 34.2. The molecule has 5 rings (SSSR count). The van der Waals surface area contributed by atoms with Crippen molar-refractivity contribution in [2.75, 3.05) is 36.1 Å². The van der Waals surface area contributed by atoms with Crippen LogP contribution in [0.2, 0.25) is 0 Å². The molecular formula is C38H52N12O3S2. The number of aromatic amines is 1. The number of hydrogen-bond acceptors (Lipinski definition) is 15. The van der Waals surface area contributed by atoms with Crippen LogP contribution in [0.1, 0.15) is 75.6 Å². The van der Waals surface area contributed by atoms with Gasteiger partial charge in [0.2, 0.25) is 11.9 Å². The van der Waals surface area contributed by atoms with Gasteiger partial charge in [-0.05, 0) is 80.1 Å². The minimum absolute atomic E-state index is 0.106. The number of anilines is 4. The summed E-state index contributed by atoms with van der Waals surface area (Å²) >= 11 is 10.1. The predicted molar refractivity (Wildman–Crippen MR) is 229 cm³/mol. The summed E-state index contributed by atoms with van der Waals surface area (Å²) in [7, 11) is 0. The largest absolute Gasteiger partial charge is 0.451 e. The highest BCUT2D eigenvalue weighted by Crippen LogP contribution is 2.38. The van der Waals surface area contributed by atoms with Crippen molar-refractivity contribution in [1.29, 1.82) is 0 Å². The Bertz CT molecular complexity index is 2130. The Morgan fingerprint density at radius 3 is 1.76 bits per heavy atom. The second kappa shape index (κ2) is 20.8. The fraction of sp³-hybridized carbons (Fsp3) is 0.342. The molecule has 0 aliphatic carbocycles. The van der Waals surface area contributed by atoms with Crippen LogP contribution < -0.4 is 38.1 Å². The fourth-order valence-electron chi connectivity index (χ4n) is 5.04. The van der Waals surface area contributed by atoms with Crippen LogP contribution in [-0.4, -0.2) is 60.3 Å². The van der Waals surface area contributed by atoms with Crippen molar-refractivity contribution in [2.45, 2.75) is 73.3 Å². The summed E-state index contributed by atoms with van der Waals surface area (Å²) in [6.07, 6.45) is 8.40. The molecule has 0 radical (unpaired) electrons. The topological polar surface area (TPSA) is 242 Å². The Morgan fingerprint density at radius 2 is 1.35 bits per heavy atom. The van der Waals surface area contributed by atoms with E-state index in [1.807, 2.05) is 56.7 Å². The number of imidazole rings is 1. The fourth-order valence-corrected chi connectivity index (χ4v) is 5.33. The van der Waals surface area contributed by atoms with Gasteiger partial charge in [0.25, 0.3) is 0 Å². The Morgan fingerprint density at radius 1 is 0.818 bits per heavy atom. The minimum atomic E-state index is 0.106. The molecule has 0 bridgehead atoms. The van der Waals surface area contributed by atoms with Crippen molar-refractivity contribution in [2.24, 2.45) is 10.7 Å². The molecule has 15 nitrogen and oxygen atoms in total. The Labute approximate surface area is 332 Å². The van der Waals surface area contributed by atoms with Crippen molar-refractivity contribution in [1.82, 2.24) is 29.5 Å². The van der Waals surface area contributed by atoms with E-state index < -0.39 is 0 Å². The molecule has 0 fully saturated rings.